The molecule has 0 aliphatic carbocycles. The molecule has 1 aliphatic rings. The zero-order chi connectivity index (χ0) is 15.8. The lowest BCUT2D eigenvalue weighted by Gasteiger charge is -2.43. The van der Waals surface area contributed by atoms with E-state index in [9.17, 15) is 28.8 Å². The lowest BCUT2D eigenvalue weighted by atomic mass is 9.87. The summed E-state index contributed by atoms with van der Waals surface area (Å²) in [6.45, 7) is 1.57. The topological polar surface area (TPSA) is 83.7 Å². The van der Waals surface area contributed by atoms with Gasteiger partial charge in [-0.1, -0.05) is 0 Å². The van der Waals surface area contributed by atoms with Gasteiger partial charge in [0.2, 0.25) is 0 Å². The molecule has 0 bridgehead atoms. The van der Waals surface area contributed by atoms with E-state index in [1.807, 2.05) is 0 Å². The van der Waals surface area contributed by atoms with Crippen LogP contribution in [0.3, 0.4) is 0 Å². The number of carbonyl (C=O) groups is 1. The number of rotatable bonds is 3. The van der Waals surface area contributed by atoms with Crippen LogP contribution < -0.4 is 4.90 Å². The van der Waals surface area contributed by atoms with Gasteiger partial charge in [-0.3, -0.25) is 10.1 Å². The Bertz CT molecular complexity index is 585. The summed E-state index contributed by atoms with van der Waals surface area (Å²) in [5.74, 6) is -3.44. The number of benzene rings is 1. The molecule has 1 fully saturated rings. The van der Waals surface area contributed by atoms with Gasteiger partial charge in [-0.05, 0) is 26.2 Å². The summed E-state index contributed by atoms with van der Waals surface area (Å²) >= 11 is 0. The van der Waals surface area contributed by atoms with Gasteiger partial charge in [-0.25, -0.2) is 13.6 Å². The molecular weight excluding hydrogens is 286 g/mol. The summed E-state index contributed by atoms with van der Waals surface area (Å²) in [6, 6.07) is 1.21. The number of hydrogen-bond acceptors (Lipinski definition) is 4. The van der Waals surface area contributed by atoms with Crippen molar-refractivity contribution < 1.29 is 23.6 Å². The number of aliphatic carboxylic acids is 1. The maximum Gasteiger partial charge on any atom is 0.329 e. The first-order valence-corrected chi connectivity index (χ1v) is 6.42. The Kier molecular flexibility index (Phi) is 3.80. The van der Waals surface area contributed by atoms with Gasteiger partial charge < -0.3 is 10.0 Å². The van der Waals surface area contributed by atoms with E-state index in [-0.39, 0.29) is 13.0 Å². The molecule has 6 nitrogen and oxygen atoms in total. The highest BCUT2D eigenvalue weighted by atomic mass is 19.1. The van der Waals surface area contributed by atoms with E-state index in [0.717, 1.165) is 4.90 Å². The van der Waals surface area contributed by atoms with Crippen molar-refractivity contribution in [1.29, 1.82) is 0 Å². The monoisotopic (exact) mass is 300 g/mol. The van der Waals surface area contributed by atoms with E-state index in [1.165, 1.54) is 6.92 Å². The van der Waals surface area contributed by atoms with Crippen molar-refractivity contribution in [3.63, 3.8) is 0 Å². The van der Waals surface area contributed by atoms with Gasteiger partial charge in [0.05, 0.1) is 17.1 Å². The molecule has 1 unspecified atom stereocenters. The molecule has 0 saturated carbocycles. The summed E-state index contributed by atoms with van der Waals surface area (Å²) in [6.07, 6.45) is 1.48. The predicted octanol–water partition coefficient (Wildman–Crippen LogP) is 2.71. The number of carboxylic acid groups (broad SMARTS) is 1. The fourth-order valence-electron chi connectivity index (χ4n) is 2.62. The zero-order valence-corrected chi connectivity index (χ0v) is 11.3. The Morgan fingerprint density at radius 2 is 1.95 bits per heavy atom. The molecule has 0 aromatic heterocycles. The number of piperidine rings is 1. The minimum atomic E-state index is -1.43. The number of carboxylic acids is 1. The average Bonchev–Trinajstić information content (AvgIpc) is 2.39. The van der Waals surface area contributed by atoms with Crippen LogP contribution in [0.4, 0.5) is 20.2 Å². The molecule has 1 saturated heterocycles. The second kappa shape index (κ2) is 5.27. The summed E-state index contributed by atoms with van der Waals surface area (Å²) < 4.78 is 28.2. The Morgan fingerprint density at radius 1 is 1.38 bits per heavy atom. The van der Waals surface area contributed by atoms with Crippen LogP contribution in [0.1, 0.15) is 26.2 Å². The lowest BCUT2D eigenvalue weighted by molar-refractivity contribution is -0.385. The van der Waals surface area contributed by atoms with Gasteiger partial charge in [0.25, 0.3) is 5.69 Å². The Morgan fingerprint density at radius 3 is 2.43 bits per heavy atom. The fraction of sp³-hybridized carbons (Fsp3) is 0.462. The summed E-state index contributed by atoms with van der Waals surface area (Å²) in [5.41, 5.74) is -2.66. The van der Waals surface area contributed by atoms with Crippen molar-refractivity contribution in [2.75, 3.05) is 11.4 Å². The highest BCUT2D eigenvalue weighted by Gasteiger charge is 2.43. The van der Waals surface area contributed by atoms with Crippen molar-refractivity contribution in [2.45, 2.75) is 31.7 Å². The summed E-state index contributed by atoms with van der Waals surface area (Å²) in [7, 11) is 0. The first kappa shape index (κ1) is 15.1. The van der Waals surface area contributed by atoms with Crippen LogP contribution in [0.15, 0.2) is 12.1 Å². The third-order valence-corrected chi connectivity index (χ3v) is 3.83. The highest BCUT2D eigenvalue weighted by Crippen LogP contribution is 2.37. The summed E-state index contributed by atoms with van der Waals surface area (Å²) in [5, 5.41) is 20.0. The Balaban J connectivity index is 2.54. The highest BCUT2D eigenvalue weighted by molar-refractivity contribution is 5.83. The molecule has 1 aromatic rings. The average molecular weight is 300 g/mol. The lowest BCUT2D eigenvalue weighted by Crippen LogP contribution is -2.56. The van der Waals surface area contributed by atoms with Crippen LogP contribution in [-0.2, 0) is 4.79 Å². The van der Waals surface area contributed by atoms with Crippen LogP contribution in [0.25, 0.3) is 0 Å². The van der Waals surface area contributed by atoms with Gasteiger partial charge >= 0.3 is 5.97 Å². The van der Waals surface area contributed by atoms with Crippen LogP contribution in [0, 0.1) is 21.7 Å². The number of nitro benzene ring substituents is 1. The van der Waals surface area contributed by atoms with Gasteiger partial charge in [-0.2, -0.15) is 0 Å². The molecule has 8 heteroatoms. The Hall–Kier alpha value is -2.25. The molecule has 1 N–H and O–H groups in total. The largest absolute Gasteiger partial charge is 0.480 e. The number of anilines is 1. The van der Waals surface area contributed by atoms with E-state index >= 15 is 0 Å². The molecule has 0 radical (unpaired) electrons. The first-order valence-electron chi connectivity index (χ1n) is 6.42. The number of non-ortho nitro benzene ring substituents is 1. The van der Waals surface area contributed by atoms with E-state index in [2.05, 4.69) is 0 Å². The first-order chi connectivity index (χ1) is 9.77. The van der Waals surface area contributed by atoms with Crippen LogP contribution in [0.2, 0.25) is 0 Å². The van der Waals surface area contributed by atoms with E-state index < -0.39 is 39.4 Å². The van der Waals surface area contributed by atoms with Crippen LogP contribution >= 0.6 is 0 Å². The van der Waals surface area contributed by atoms with E-state index in [1.54, 1.807) is 0 Å². The van der Waals surface area contributed by atoms with Gasteiger partial charge in [0.1, 0.15) is 11.2 Å². The normalized spacial score (nSPS) is 22.1. The minimum absolute atomic E-state index is 0.175. The van der Waals surface area contributed by atoms with Gasteiger partial charge in [-0.15, -0.1) is 0 Å². The van der Waals surface area contributed by atoms with Crippen molar-refractivity contribution in [3.05, 3.63) is 33.9 Å². The summed E-state index contributed by atoms with van der Waals surface area (Å²) in [4.78, 5) is 22.3. The van der Waals surface area contributed by atoms with Crippen LogP contribution in [0.5, 0.6) is 0 Å². The molecule has 1 heterocycles. The maximum atomic E-state index is 14.1. The van der Waals surface area contributed by atoms with Crippen molar-refractivity contribution in [2.24, 2.45) is 0 Å². The fourth-order valence-corrected chi connectivity index (χ4v) is 2.62. The maximum absolute atomic E-state index is 14.1. The van der Waals surface area contributed by atoms with Gasteiger partial charge in [0.15, 0.2) is 11.6 Å². The third kappa shape index (κ3) is 2.53. The molecule has 0 amide bonds. The molecule has 1 aliphatic heterocycles. The standard InChI is InChI=1S/C13H14F2N2O4/c1-13(12(18)19)4-2-3-5-16(13)11-9(14)6-8(17(20)21)7-10(11)15/h6-7H,2-5H2,1H3,(H,18,19). The molecular formula is C13H14F2N2O4. The molecule has 114 valence electrons. The second-order valence-corrected chi connectivity index (χ2v) is 5.20. The number of hydrogen-bond donors (Lipinski definition) is 1. The van der Waals surface area contributed by atoms with E-state index in [0.29, 0.717) is 25.0 Å². The molecule has 2 rings (SSSR count). The van der Waals surface area contributed by atoms with Gasteiger partial charge in [0, 0.05) is 6.54 Å². The molecule has 0 spiro atoms. The van der Waals surface area contributed by atoms with Crippen molar-refractivity contribution in [3.8, 4) is 0 Å². The second-order valence-electron chi connectivity index (χ2n) is 5.20. The molecule has 1 atom stereocenters. The van der Waals surface area contributed by atoms with Crippen molar-refractivity contribution in [1.82, 2.24) is 0 Å². The van der Waals surface area contributed by atoms with Crippen LogP contribution in [-0.4, -0.2) is 28.1 Å². The smallest absolute Gasteiger partial charge is 0.329 e. The minimum Gasteiger partial charge on any atom is -0.480 e. The zero-order valence-electron chi connectivity index (χ0n) is 11.3. The SMILES string of the molecule is CC1(C(=O)O)CCCCN1c1c(F)cc([N+](=O)[O-])cc1F. The number of nitrogens with zero attached hydrogens (tertiary/aromatic N) is 2. The number of halogens is 2. The third-order valence-electron chi connectivity index (χ3n) is 3.83. The predicted molar refractivity (Wildman–Crippen MR) is 70.3 cm³/mol. The molecule has 1 aromatic carbocycles. The molecule has 21 heavy (non-hydrogen) atoms. The van der Waals surface area contributed by atoms with E-state index in [4.69, 9.17) is 0 Å². The van der Waals surface area contributed by atoms with Crippen molar-refractivity contribution >= 4 is 17.3 Å². The quantitative estimate of drug-likeness (QED) is 0.685. The Labute approximate surface area is 119 Å². The number of nitro groups is 1.